The number of thioether (sulfide) groups is 1. The summed E-state index contributed by atoms with van der Waals surface area (Å²) in [5.41, 5.74) is 1.15. The van der Waals surface area contributed by atoms with Crippen LogP contribution in [0.1, 0.15) is 18.9 Å². The first-order valence-electron chi connectivity index (χ1n) is 4.54. The van der Waals surface area contributed by atoms with E-state index in [9.17, 15) is 4.79 Å². The highest BCUT2D eigenvalue weighted by Gasteiger charge is 2.00. The van der Waals surface area contributed by atoms with Gasteiger partial charge in [0, 0.05) is 12.2 Å². The summed E-state index contributed by atoms with van der Waals surface area (Å²) >= 11 is 1.36. The summed E-state index contributed by atoms with van der Waals surface area (Å²) in [6.07, 6.45) is 0.598. The standard InChI is InChI=1S/C11H14O2S/c1-3-11(12)14-8-9-4-6-10(13-2)7-5-9/h4-7H,3,8H2,1-2H3. The van der Waals surface area contributed by atoms with Gasteiger partial charge in [0.1, 0.15) is 5.75 Å². The van der Waals surface area contributed by atoms with Crippen molar-refractivity contribution in [1.29, 1.82) is 0 Å². The monoisotopic (exact) mass is 210 g/mol. The Labute approximate surface area is 88.7 Å². The van der Waals surface area contributed by atoms with Gasteiger partial charge in [0.15, 0.2) is 5.12 Å². The van der Waals surface area contributed by atoms with Crippen molar-refractivity contribution < 1.29 is 9.53 Å². The summed E-state index contributed by atoms with van der Waals surface area (Å²) in [4.78, 5) is 11.0. The van der Waals surface area contributed by atoms with Gasteiger partial charge in [0.2, 0.25) is 0 Å². The number of benzene rings is 1. The van der Waals surface area contributed by atoms with Crippen molar-refractivity contribution in [1.82, 2.24) is 0 Å². The van der Waals surface area contributed by atoms with E-state index < -0.39 is 0 Å². The van der Waals surface area contributed by atoms with Crippen LogP contribution in [0.15, 0.2) is 24.3 Å². The zero-order valence-electron chi connectivity index (χ0n) is 8.45. The van der Waals surface area contributed by atoms with Crippen LogP contribution in [0.5, 0.6) is 5.75 Å². The lowest BCUT2D eigenvalue weighted by atomic mass is 10.2. The number of rotatable bonds is 4. The van der Waals surface area contributed by atoms with Crippen LogP contribution in [0, 0.1) is 0 Å². The van der Waals surface area contributed by atoms with Gasteiger partial charge in [0.05, 0.1) is 7.11 Å². The molecule has 0 atom stereocenters. The van der Waals surface area contributed by atoms with Gasteiger partial charge in [-0.05, 0) is 17.7 Å². The Hall–Kier alpha value is -0.960. The summed E-state index contributed by atoms with van der Waals surface area (Å²) in [5.74, 6) is 1.59. The third kappa shape index (κ3) is 3.42. The topological polar surface area (TPSA) is 26.3 Å². The first kappa shape index (κ1) is 11.1. The first-order chi connectivity index (χ1) is 6.76. The maximum Gasteiger partial charge on any atom is 0.188 e. The van der Waals surface area contributed by atoms with Gasteiger partial charge in [-0.15, -0.1) is 0 Å². The summed E-state index contributed by atoms with van der Waals surface area (Å²) in [5, 5.41) is 0.237. The number of carbonyl (C=O) groups excluding carboxylic acids is 1. The highest BCUT2D eigenvalue weighted by atomic mass is 32.2. The average molecular weight is 210 g/mol. The molecule has 76 valence electrons. The molecule has 0 amide bonds. The number of carbonyl (C=O) groups is 1. The van der Waals surface area contributed by atoms with Gasteiger partial charge in [-0.1, -0.05) is 30.8 Å². The lowest BCUT2D eigenvalue weighted by molar-refractivity contribution is -0.110. The Morgan fingerprint density at radius 1 is 1.36 bits per heavy atom. The molecule has 0 fully saturated rings. The second-order valence-corrected chi connectivity index (χ2v) is 3.90. The highest BCUT2D eigenvalue weighted by Crippen LogP contribution is 2.17. The molecule has 0 radical (unpaired) electrons. The smallest absolute Gasteiger partial charge is 0.188 e. The molecule has 1 aromatic carbocycles. The molecule has 1 rings (SSSR count). The van der Waals surface area contributed by atoms with Crippen molar-refractivity contribution in [2.45, 2.75) is 19.1 Å². The molecule has 0 aromatic heterocycles. The fourth-order valence-electron chi connectivity index (χ4n) is 0.988. The number of ether oxygens (including phenoxy) is 1. The quantitative estimate of drug-likeness (QED) is 0.764. The molecule has 0 aliphatic rings. The van der Waals surface area contributed by atoms with Gasteiger partial charge in [-0.3, -0.25) is 4.79 Å². The van der Waals surface area contributed by atoms with Gasteiger partial charge >= 0.3 is 0 Å². The molecule has 1 aromatic rings. The molecule has 0 saturated heterocycles. The predicted molar refractivity (Wildman–Crippen MR) is 59.6 cm³/mol. The van der Waals surface area contributed by atoms with Crippen LogP contribution in [0.2, 0.25) is 0 Å². The van der Waals surface area contributed by atoms with E-state index >= 15 is 0 Å². The van der Waals surface area contributed by atoms with E-state index in [0.29, 0.717) is 6.42 Å². The van der Waals surface area contributed by atoms with E-state index in [0.717, 1.165) is 17.1 Å². The SMILES string of the molecule is CCC(=O)SCc1ccc(OC)cc1. The van der Waals surface area contributed by atoms with Crippen molar-refractivity contribution in [3.63, 3.8) is 0 Å². The van der Waals surface area contributed by atoms with E-state index in [1.165, 1.54) is 11.8 Å². The summed E-state index contributed by atoms with van der Waals surface area (Å²) in [6, 6.07) is 7.78. The van der Waals surface area contributed by atoms with E-state index in [1.54, 1.807) is 7.11 Å². The largest absolute Gasteiger partial charge is 0.497 e. The van der Waals surface area contributed by atoms with Crippen molar-refractivity contribution in [3.05, 3.63) is 29.8 Å². The van der Waals surface area contributed by atoms with Crippen molar-refractivity contribution in [3.8, 4) is 5.75 Å². The lowest BCUT2D eigenvalue weighted by Gasteiger charge is -2.02. The lowest BCUT2D eigenvalue weighted by Crippen LogP contribution is -1.89. The Bertz CT molecular complexity index is 293. The minimum atomic E-state index is 0.237. The molecule has 2 nitrogen and oxygen atoms in total. The number of hydrogen-bond donors (Lipinski definition) is 0. The molecule has 0 unspecified atom stereocenters. The second-order valence-electron chi connectivity index (χ2n) is 2.86. The van der Waals surface area contributed by atoms with Crippen LogP contribution in [-0.4, -0.2) is 12.2 Å². The Kier molecular flexibility index (Phi) is 4.53. The Balaban J connectivity index is 2.47. The fourth-order valence-corrected chi connectivity index (χ4v) is 1.71. The highest BCUT2D eigenvalue weighted by molar-refractivity contribution is 8.12. The van der Waals surface area contributed by atoms with Crippen molar-refractivity contribution in [2.75, 3.05) is 7.11 Å². The zero-order chi connectivity index (χ0) is 10.4. The van der Waals surface area contributed by atoms with Crippen LogP contribution in [-0.2, 0) is 10.5 Å². The third-order valence-electron chi connectivity index (χ3n) is 1.85. The van der Waals surface area contributed by atoms with Crippen LogP contribution < -0.4 is 4.74 Å². The molecule has 0 bridgehead atoms. The minimum Gasteiger partial charge on any atom is -0.497 e. The summed E-state index contributed by atoms with van der Waals surface area (Å²) in [6.45, 7) is 1.88. The maximum absolute atomic E-state index is 11.0. The summed E-state index contributed by atoms with van der Waals surface area (Å²) in [7, 11) is 1.64. The molecule has 0 N–H and O–H groups in total. The van der Waals surface area contributed by atoms with E-state index in [2.05, 4.69) is 0 Å². The predicted octanol–water partition coefficient (Wildman–Crippen LogP) is 2.87. The van der Waals surface area contributed by atoms with Crippen LogP contribution >= 0.6 is 11.8 Å². The van der Waals surface area contributed by atoms with Crippen molar-refractivity contribution >= 4 is 16.9 Å². The number of hydrogen-bond acceptors (Lipinski definition) is 3. The summed E-state index contributed by atoms with van der Waals surface area (Å²) < 4.78 is 5.04. The second kappa shape index (κ2) is 5.70. The molecule has 0 saturated carbocycles. The zero-order valence-corrected chi connectivity index (χ0v) is 9.26. The van der Waals surface area contributed by atoms with Gasteiger partial charge in [-0.25, -0.2) is 0 Å². The molecular formula is C11H14O2S. The molecule has 0 aliphatic carbocycles. The van der Waals surface area contributed by atoms with Crippen molar-refractivity contribution in [2.24, 2.45) is 0 Å². The molecule has 14 heavy (non-hydrogen) atoms. The van der Waals surface area contributed by atoms with Crippen LogP contribution in [0.25, 0.3) is 0 Å². The third-order valence-corrected chi connectivity index (χ3v) is 2.94. The molecule has 0 heterocycles. The fraction of sp³-hybridized carbons (Fsp3) is 0.364. The van der Waals surface area contributed by atoms with Crippen LogP contribution in [0.3, 0.4) is 0 Å². The van der Waals surface area contributed by atoms with Gasteiger partial charge in [-0.2, -0.15) is 0 Å². The normalized spacial score (nSPS) is 9.86. The van der Waals surface area contributed by atoms with Gasteiger partial charge < -0.3 is 4.74 Å². The molecule has 0 spiro atoms. The Morgan fingerprint density at radius 2 is 2.00 bits per heavy atom. The molecular weight excluding hydrogens is 196 g/mol. The average Bonchev–Trinajstić information content (AvgIpc) is 2.26. The van der Waals surface area contributed by atoms with E-state index in [1.807, 2.05) is 31.2 Å². The van der Waals surface area contributed by atoms with Crippen LogP contribution in [0.4, 0.5) is 0 Å². The maximum atomic E-state index is 11.0. The molecule has 3 heteroatoms. The van der Waals surface area contributed by atoms with Gasteiger partial charge in [0.25, 0.3) is 0 Å². The van der Waals surface area contributed by atoms with E-state index in [-0.39, 0.29) is 5.12 Å². The minimum absolute atomic E-state index is 0.237. The first-order valence-corrected chi connectivity index (χ1v) is 5.53. The number of methoxy groups -OCH3 is 1. The van der Waals surface area contributed by atoms with E-state index in [4.69, 9.17) is 4.74 Å². The molecule has 0 aliphatic heterocycles. The Morgan fingerprint density at radius 3 is 2.50 bits per heavy atom.